The Labute approximate surface area is 123 Å². The summed E-state index contributed by atoms with van der Waals surface area (Å²) in [6.07, 6.45) is 2.00. The molecule has 2 aromatic rings. The second-order valence-corrected chi connectivity index (χ2v) is 4.63. The fourth-order valence-electron chi connectivity index (χ4n) is 1.79. The summed E-state index contributed by atoms with van der Waals surface area (Å²) in [5.74, 6) is 0.564. The largest absolute Gasteiger partial charge is 0.491 e. The topological polar surface area (TPSA) is 71.5 Å². The van der Waals surface area contributed by atoms with E-state index in [-0.39, 0.29) is 25.5 Å². The first-order valence-electron chi connectivity index (χ1n) is 6.72. The van der Waals surface area contributed by atoms with Crippen LogP contribution >= 0.6 is 0 Å². The number of nitrogens with zero attached hydrogens (tertiary/aromatic N) is 1. The number of aryl methyl sites for hydroxylation is 1. The van der Waals surface area contributed by atoms with Gasteiger partial charge < -0.3 is 15.2 Å². The highest BCUT2D eigenvalue weighted by molar-refractivity contribution is 5.92. The molecule has 0 fully saturated rings. The number of aliphatic hydroxyl groups excluding tert-OH is 1. The van der Waals surface area contributed by atoms with E-state index in [1.54, 1.807) is 30.5 Å². The highest BCUT2D eigenvalue weighted by Crippen LogP contribution is 2.15. The van der Waals surface area contributed by atoms with Crippen molar-refractivity contribution >= 4 is 11.6 Å². The molecular formula is C16H18N2O3. The zero-order chi connectivity index (χ0) is 15.1. The third-order valence-electron chi connectivity index (χ3n) is 2.84. The molecule has 1 heterocycles. The molecule has 2 rings (SSSR count). The van der Waals surface area contributed by atoms with E-state index in [9.17, 15) is 4.79 Å². The van der Waals surface area contributed by atoms with Crippen molar-refractivity contribution in [1.82, 2.24) is 4.98 Å². The summed E-state index contributed by atoms with van der Waals surface area (Å²) < 4.78 is 5.25. The molecule has 21 heavy (non-hydrogen) atoms. The molecule has 0 saturated carbocycles. The summed E-state index contributed by atoms with van der Waals surface area (Å²) in [7, 11) is 0. The maximum atomic E-state index is 11.9. The van der Waals surface area contributed by atoms with Crippen LogP contribution in [0.2, 0.25) is 0 Å². The van der Waals surface area contributed by atoms with Crippen LogP contribution in [-0.2, 0) is 11.2 Å². The molecule has 5 heteroatoms. The SMILES string of the molecule is Cc1ccc(CC(=O)Nc2ccc(OCCO)cc2)cn1. The molecule has 0 aliphatic heterocycles. The van der Waals surface area contributed by atoms with E-state index < -0.39 is 0 Å². The number of aromatic nitrogens is 1. The first-order chi connectivity index (χ1) is 10.2. The Morgan fingerprint density at radius 1 is 1.24 bits per heavy atom. The van der Waals surface area contributed by atoms with Crippen molar-refractivity contribution in [1.29, 1.82) is 0 Å². The normalized spacial score (nSPS) is 10.2. The van der Waals surface area contributed by atoms with Crippen LogP contribution in [0.3, 0.4) is 0 Å². The minimum atomic E-state index is -0.0929. The lowest BCUT2D eigenvalue weighted by Crippen LogP contribution is -2.14. The molecule has 0 aliphatic carbocycles. The molecule has 0 unspecified atom stereocenters. The van der Waals surface area contributed by atoms with Gasteiger partial charge in [0.1, 0.15) is 12.4 Å². The minimum Gasteiger partial charge on any atom is -0.491 e. The van der Waals surface area contributed by atoms with Gasteiger partial charge in [0.25, 0.3) is 0 Å². The average Bonchev–Trinajstić information content (AvgIpc) is 2.49. The molecule has 0 radical (unpaired) electrons. The molecule has 0 atom stereocenters. The second kappa shape index (κ2) is 7.40. The lowest BCUT2D eigenvalue weighted by Gasteiger charge is -2.07. The van der Waals surface area contributed by atoms with Gasteiger partial charge in [-0.05, 0) is 42.8 Å². The maximum absolute atomic E-state index is 11.9. The minimum absolute atomic E-state index is 0.0247. The average molecular weight is 286 g/mol. The molecule has 0 saturated heterocycles. The number of ether oxygens (including phenoxy) is 1. The van der Waals surface area contributed by atoms with Crippen molar-refractivity contribution in [2.75, 3.05) is 18.5 Å². The number of carbonyl (C=O) groups excluding carboxylic acids is 1. The van der Waals surface area contributed by atoms with E-state index in [1.165, 1.54) is 0 Å². The number of aliphatic hydroxyl groups is 1. The van der Waals surface area contributed by atoms with E-state index in [4.69, 9.17) is 9.84 Å². The van der Waals surface area contributed by atoms with E-state index in [0.29, 0.717) is 11.4 Å². The van der Waals surface area contributed by atoms with Crippen molar-refractivity contribution in [2.24, 2.45) is 0 Å². The van der Waals surface area contributed by atoms with Crippen molar-refractivity contribution < 1.29 is 14.6 Å². The fraction of sp³-hybridized carbons (Fsp3) is 0.250. The van der Waals surface area contributed by atoms with Gasteiger partial charge in [-0.1, -0.05) is 6.07 Å². The quantitative estimate of drug-likeness (QED) is 0.851. The van der Waals surface area contributed by atoms with Gasteiger partial charge in [0.2, 0.25) is 5.91 Å². The predicted octanol–water partition coefficient (Wildman–Crippen LogP) is 1.94. The molecule has 0 aliphatic rings. The van der Waals surface area contributed by atoms with E-state index >= 15 is 0 Å². The van der Waals surface area contributed by atoms with Gasteiger partial charge in [-0.25, -0.2) is 0 Å². The van der Waals surface area contributed by atoms with Crippen molar-refractivity contribution in [3.05, 3.63) is 53.9 Å². The molecule has 0 bridgehead atoms. The summed E-state index contributed by atoms with van der Waals surface area (Å²) in [4.78, 5) is 16.1. The molecule has 1 aromatic heterocycles. The van der Waals surface area contributed by atoms with Crippen LogP contribution < -0.4 is 10.1 Å². The summed E-state index contributed by atoms with van der Waals surface area (Å²) in [5.41, 5.74) is 2.51. The highest BCUT2D eigenvalue weighted by Gasteiger charge is 2.04. The number of pyridine rings is 1. The fourth-order valence-corrected chi connectivity index (χ4v) is 1.79. The molecule has 0 spiro atoms. The first kappa shape index (κ1) is 15.0. The van der Waals surface area contributed by atoms with Crippen LogP contribution in [0.1, 0.15) is 11.3 Å². The Kier molecular flexibility index (Phi) is 5.29. The Morgan fingerprint density at radius 2 is 2.00 bits per heavy atom. The van der Waals surface area contributed by atoms with Crippen molar-refractivity contribution in [3.8, 4) is 5.75 Å². The van der Waals surface area contributed by atoms with Gasteiger partial charge in [0.05, 0.1) is 13.0 Å². The lowest BCUT2D eigenvalue weighted by molar-refractivity contribution is -0.115. The number of carbonyl (C=O) groups is 1. The van der Waals surface area contributed by atoms with Crippen LogP contribution in [-0.4, -0.2) is 29.2 Å². The van der Waals surface area contributed by atoms with Gasteiger partial charge in [0, 0.05) is 17.6 Å². The van der Waals surface area contributed by atoms with Crippen LogP contribution in [0.15, 0.2) is 42.6 Å². The monoisotopic (exact) mass is 286 g/mol. The lowest BCUT2D eigenvalue weighted by atomic mass is 10.2. The number of amides is 1. The summed E-state index contributed by atoms with van der Waals surface area (Å²) >= 11 is 0. The third-order valence-corrected chi connectivity index (χ3v) is 2.84. The first-order valence-corrected chi connectivity index (χ1v) is 6.72. The molecule has 110 valence electrons. The van der Waals surface area contributed by atoms with Crippen LogP contribution in [0.5, 0.6) is 5.75 Å². The molecular weight excluding hydrogens is 268 g/mol. The second-order valence-electron chi connectivity index (χ2n) is 4.63. The van der Waals surface area contributed by atoms with Gasteiger partial charge in [-0.2, -0.15) is 0 Å². The number of rotatable bonds is 6. The number of anilines is 1. The Morgan fingerprint density at radius 3 is 2.62 bits per heavy atom. The summed E-state index contributed by atoms with van der Waals surface area (Å²) in [5, 5.41) is 11.5. The predicted molar refractivity (Wildman–Crippen MR) is 80.3 cm³/mol. The van der Waals surface area contributed by atoms with E-state index in [1.807, 2.05) is 19.1 Å². The zero-order valence-corrected chi connectivity index (χ0v) is 11.9. The summed E-state index contributed by atoms with van der Waals surface area (Å²) in [6, 6.07) is 10.8. The zero-order valence-electron chi connectivity index (χ0n) is 11.9. The molecule has 2 N–H and O–H groups in total. The van der Waals surface area contributed by atoms with Gasteiger partial charge in [-0.15, -0.1) is 0 Å². The highest BCUT2D eigenvalue weighted by atomic mass is 16.5. The van der Waals surface area contributed by atoms with Gasteiger partial charge in [-0.3, -0.25) is 9.78 Å². The van der Waals surface area contributed by atoms with E-state index in [2.05, 4.69) is 10.3 Å². The maximum Gasteiger partial charge on any atom is 0.228 e. The van der Waals surface area contributed by atoms with Crippen molar-refractivity contribution in [3.63, 3.8) is 0 Å². The number of nitrogens with one attached hydrogen (secondary N) is 1. The van der Waals surface area contributed by atoms with Crippen LogP contribution in [0.4, 0.5) is 5.69 Å². The Hall–Kier alpha value is -2.40. The van der Waals surface area contributed by atoms with Crippen molar-refractivity contribution in [2.45, 2.75) is 13.3 Å². The third kappa shape index (κ3) is 4.89. The standard InChI is InChI=1S/C16H18N2O3/c1-12-2-3-13(11-17-12)10-16(20)18-14-4-6-15(7-5-14)21-9-8-19/h2-7,11,19H,8-10H2,1H3,(H,18,20). The summed E-state index contributed by atoms with van der Waals surface area (Å²) in [6.45, 7) is 2.14. The van der Waals surface area contributed by atoms with E-state index in [0.717, 1.165) is 11.3 Å². The van der Waals surface area contributed by atoms with Crippen LogP contribution in [0.25, 0.3) is 0 Å². The number of benzene rings is 1. The molecule has 5 nitrogen and oxygen atoms in total. The number of hydrogen-bond acceptors (Lipinski definition) is 4. The Balaban J connectivity index is 1.88. The van der Waals surface area contributed by atoms with Gasteiger partial charge in [0.15, 0.2) is 0 Å². The molecule has 1 aromatic carbocycles. The Bertz CT molecular complexity index is 579. The van der Waals surface area contributed by atoms with Crippen LogP contribution in [0, 0.1) is 6.92 Å². The van der Waals surface area contributed by atoms with Gasteiger partial charge >= 0.3 is 0 Å². The smallest absolute Gasteiger partial charge is 0.228 e. The number of hydrogen-bond donors (Lipinski definition) is 2. The molecule has 1 amide bonds.